The number of furan rings is 1. The van der Waals surface area contributed by atoms with Gasteiger partial charge in [0, 0.05) is 31.7 Å². The number of piperazine rings is 1. The molecule has 2 amide bonds. The Morgan fingerprint density at radius 2 is 1.83 bits per heavy atom. The number of benzene rings is 1. The van der Waals surface area contributed by atoms with Gasteiger partial charge in [0.25, 0.3) is 5.91 Å². The summed E-state index contributed by atoms with van der Waals surface area (Å²) in [5, 5.41) is 7.65. The number of aromatic nitrogens is 3. The van der Waals surface area contributed by atoms with Crippen LogP contribution in [0.2, 0.25) is 0 Å². The van der Waals surface area contributed by atoms with E-state index in [2.05, 4.69) is 15.2 Å². The number of rotatable bonds is 5. The molecule has 0 spiro atoms. The second kappa shape index (κ2) is 8.52. The summed E-state index contributed by atoms with van der Waals surface area (Å²) < 4.78 is 5.16. The van der Waals surface area contributed by atoms with Crippen molar-refractivity contribution in [3.63, 3.8) is 0 Å². The number of aryl methyl sites for hydroxylation is 1. The Morgan fingerprint density at radius 1 is 1.10 bits per heavy atom. The Kier molecular flexibility index (Phi) is 5.66. The number of carbonyl (C=O) groups is 2. The van der Waals surface area contributed by atoms with E-state index >= 15 is 0 Å². The first-order valence-corrected chi connectivity index (χ1v) is 10.3. The number of amides is 2. The summed E-state index contributed by atoms with van der Waals surface area (Å²) in [6, 6.07) is 11.3. The number of H-pyrrole nitrogens is 1. The van der Waals surface area contributed by atoms with E-state index in [9.17, 15) is 9.59 Å². The van der Waals surface area contributed by atoms with E-state index in [-0.39, 0.29) is 17.6 Å². The van der Waals surface area contributed by atoms with Gasteiger partial charge in [0.2, 0.25) is 11.1 Å². The van der Waals surface area contributed by atoms with Crippen molar-refractivity contribution in [2.75, 3.05) is 31.9 Å². The number of hydrogen-bond donors (Lipinski definition) is 1. The Morgan fingerprint density at radius 3 is 2.52 bits per heavy atom. The van der Waals surface area contributed by atoms with Gasteiger partial charge in [-0.1, -0.05) is 41.6 Å². The van der Waals surface area contributed by atoms with E-state index in [1.54, 1.807) is 21.9 Å². The molecule has 4 rings (SSSR count). The van der Waals surface area contributed by atoms with Gasteiger partial charge in [0.1, 0.15) is 0 Å². The van der Waals surface area contributed by atoms with E-state index in [0.29, 0.717) is 42.9 Å². The molecule has 1 aliphatic rings. The molecule has 1 N–H and O–H groups in total. The zero-order chi connectivity index (χ0) is 20.2. The predicted molar refractivity (Wildman–Crippen MR) is 108 cm³/mol. The molecule has 2 aromatic heterocycles. The van der Waals surface area contributed by atoms with Gasteiger partial charge in [-0.05, 0) is 19.1 Å². The minimum absolute atomic E-state index is 0.0155. The lowest BCUT2D eigenvalue weighted by molar-refractivity contribution is -0.129. The Bertz CT molecular complexity index is 976. The second-order valence-electron chi connectivity index (χ2n) is 6.77. The molecule has 3 aromatic rings. The lowest BCUT2D eigenvalue weighted by Crippen LogP contribution is -2.51. The van der Waals surface area contributed by atoms with Crippen LogP contribution in [0, 0.1) is 6.92 Å². The van der Waals surface area contributed by atoms with Crippen molar-refractivity contribution in [1.82, 2.24) is 25.0 Å². The number of carbonyl (C=O) groups excluding carboxylic acids is 2. The maximum atomic E-state index is 12.5. The molecule has 1 saturated heterocycles. The number of nitrogens with one attached hydrogen (secondary N) is 1. The first-order valence-electron chi connectivity index (χ1n) is 9.33. The van der Waals surface area contributed by atoms with Crippen LogP contribution >= 0.6 is 11.8 Å². The first-order chi connectivity index (χ1) is 14.1. The molecule has 0 bridgehead atoms. The van der Waals surface area contributed by atoms with Crippen LogP contribution in [0.5, 0.6) is 0 Å². The molecule has 0 aliphatic carbocycles. The minimum atomic E-state index is -0.138. The molecule has 0 saturated carbocycles. The molecular weight excluding hydrogens is 390 g/mol. The third-order valence-electron chi connectivity index (χ3n) is 4.77. The van der Waals surface area contributed by atoms with Gasteiger partial charge in [0.05, 0.1) is 12.0 Å². The van der Waals surface area contributed by atoms with Crippen molar-refractivity contribution in [1.29, 1.82) is 0 Å². The van der Waals surface area contributed by atoms with Gasteiger partial charge in [-0.2, -0.15) is 0 Å². The molecule has 1 fully saturated rings. The Balaban J connectivity index is 1.26. The summed E-state index contributed by atoms with van der Waals surface area (Å²) >= 11 is 1.31. The van der Waals surface area contributed by atoms with E-state index in [0.717, 1.165) is 5.56 Å². The highest BCUT2D eigenvalue weighted by molar-refractivity contribution is 7.99. The van der Waals surface area contributed by atoms with Crippen molar-refractivity contribution in [2.24, 2.45) is 0 Å². The van der Waals surface area contributed by atoms with Crippen LogP contribution in [0.1, 0.15) is 16.1 Å². The number of aromatic amines is 1. The predicted octanol–water partition coefficient (Wildman–Crippen LogP) is 2.45. The smallest absolute Gasteiger partial charge is 0.289 e. The SMILES string of the molecule is Cc1ccc(-c2nc(SCC(=O)N3CCN(C(=O)c4ccco4)CC3)n[nH]2)cc1. The summed E-state index contributed by atoms with van der Waals surface area (Å²) in [6.07, 6.45) is 1.48. The molecule has 0 radical (unpaired) electrons. The molecule has 0 unspecified atom stereocenters. The van der Waals surface area contributed by atoms with Gasteiger partial charge in [-0.25, -0.2) is 4.98 Å². The van der Waals surface area contributed by atoms with E-state index in [4.69, 9.17) is 4.42 Å². The number of nitrogens with zero attached hydrogens (tertiary/aromatic N) is 4. The van der Waals surface area contributed by atoms with Gasteiger partial charge < -0.3 is 14.2 Å². The van der Waals surface area contributed by atoms with Crippen molar-refractivity contribution in [2.45, 2.75) is 12.1 Å². The molecule has 9 heteroatoms. The van der Waals surface area contributed by atoms with Crippen LogP contribution in [0.25, 0.3) is 11.4 Å². The van der Waals surface area contributed by atoms with Crippen LogP contribution in [0.3, 0.4) is 0 Å². The Hall–Kier alpha value is -3.07. The fourth-order valence-corrected chi connectivity index (χ4v) is 3.79. The van der Waals surface area contributed by atoms with Gasteiger partial charge in [0.15, 0.2) is 11.6 Å². The standard InChI is InChI=1S/C20H21N5O3S/c1-14-4-6-15(7-5-14)18-21-20(23-22-18)29-13-17(26)24-8-10-25(11-9-24)19(27)16-3-2-12-28-16/h2-7,12H,8-11,13H2,1H3,(H,21,22,23). The third-order valence-corrected chi connectivity index (χ3v) is 5.60. The number of thioether (sulfide) groups is 1. The minimum Gasteiger partial charge on any atom is -0.459 e. The largest absolute Gasteiger partial charge is 0.459 e. The molecule has 3 heterocycles. The lowest BCUT2D eigenvalue weighted by Gasteiger charge is -2.34. The fourth-order valence-electron chi connectivity index (χ4n) is 3.08. The van der Waals surface area contributed by atoms with Gasteiger partial charge in [-0.15, -0.1) is 5.10 Å². The van der Waals surface area contributed by atoms with E-state index in [1.807, 2.05) is 31.2 Å². The molecule has 0 atom stereocenters. The molecular formula is C20H21N5O3S. The van der Waals surface area contributed by atoms with Crippen LogP contribution in [0.15, 0.2) is 52.2 Å². The topological polar surface area (TPSA) is 95.3 Å². The van der Waals surface area contributed by atoms with Crippen molar-refractivity contribution < 1.29 is 14.0 Å². The molecule has 29 heavy (non-hydrogen) atoms. The summed E-state index contributed by atoms with van der Waals surface area (Å²) in [6.45, 7) is 4.04. The average molecular weight is 411 g/mol. The maximum Gasteiger partial charge on any atom is 0.289 e. The van der Waals surface area contributed by atoms with Crippen LogP contribution in [-0.4, -0.2) is 68.7 Å². The maximum absolute atomic E-state index is 12.5. The summed E-state index contributed by atoms with van der Waals surface area (Å²) in [5.74, 6) is 1.15. The van der Waals surface area contributed by atoms with Crippen LogP contribution in [-0.2, 0) is 4.79 Å². The highest BCUT2D eigenvalue weighted by Gasteiger charge is 2.26. The number of hydrogen-bond acceptors (Lipinski definition) is 6. The van der Waals surface area contributed by atoms with E-state index < -0.39 is 0 Å². The zero-order valence-corrected chi connectivity index (χ0v) is 16.8. The normalized spacial score (nSPS) is 14.2. The van der Waals surface area contributed by atoms with Crippen LogP contribution in [0.4, 0.5) is 0 Å². The van der Waals surface area contributed by atoms with Gasteiger partial charge in [-0.3, -0.25) is 14.7 Å². The highest BCUT2D eigenvalue weighted by Crippen LogP contribution is 2.20. The van der Waals surface area contributed by atoms with Crippen molar-refractivity contribution in [3.05, 3.63) is 54.0 Å². The first kappa shape index (κ1) is 19.3. The zero-order valence-electron chi connectivity index (χ0n) is 16.0. The van der Waals surface area contributed by atoms with Crippen molar-refractivity contribution in [3.8, 4) is 11.4 Å². The molecule has 150 valence electrons. The average Bonchev–Trinajstić information content (AvgIpc) is 3.44. The second-order valence-corrected chi connectivity index (χ2v) is 7.71. The molecule has 1 aromatic carbocycles. The van der Waals surface area contributed by atoms with Crippen LogP contribution < -0.4 is 0 Å². The quantitative estimate of drug-likeness (QED) is 0.648. The highest BCUT2D eigenvalue weighted by atomic mass is 32.2. The van der Waals surface area contributed by atoms with Gasteiger partial charge >= 0.3 is 0 Å². The summed E-state index contributed by atoms with van der Waals surface area (Å²) in [4.78, 5) is 32.7. The molecule has 1 aliphatic heterocycles. The van der Waals surface area contributed by atoms with E-state index in [1.165, 1.54) is 23.6 Å². The van der Waals surface area contributed by atoms with Crippen molar-refractivity contribution >= 4 is 23.6 Å². The lowest BCUT2D eigenvalue weighted by atomic mass is 10.1. The monoisotopic (exact) mass is 411 g/mol. The summed E-state index contributed by atoms with van der Waals surface area (Å²) in [5.41, 5.74) is 2.14. The fraction of sp³-hybridized carbons (Fsp3) is 0.300. The molecule has 8 nitrogen and oxygen atoms in total. The summed E-state index contributed by atoms with van der Waals surface area (Å²) in [7, 11) is 0. The Labute approximate surface area is 172 Å². The third kappa shape index (κ3) is 4.51.